The summed E-state index contributed by atoms with van der Waals surface area (Å²) in [6.07, 6.45) is 0. The van der Waals surface area contributed by atoms with E-state index in [-0.39, 0.29) is 0 Å². The topological polar surface area (TPSA) is 63.4 Å². The molecule has 0 saturated carbocycles. The number of rotatable bonds is 7. The summed E-state index contributed by atoms with van der Waals surface area (Å²) in [7, 11) is 1.67. The number of ether oxygens (including phenoxy) is 1. The highest BCUT2D eigenvalue weighted by atomic mass is 32.1. The summed E-state index contributed by atoms with van der Waals surface area (Å²) in [6.45, 7) is 5.68. The molecule has 2 heterocycles. The van der Waals surface area contributed by atoms with Crippen molar-refractivity contribution in [1.82, 2.24) is 15.1 Å². The fraction of sp³-hybridized carbons (Fsp3) is 0.316. The molecule has 0 fully saturated rings. The third-order valence-electron chi connectivity index (χ3n) is 4.01. The van der Waals surface area contributed by atoms with Gasteiger partial charge in [0.1, 0.15) is 0 Å². The van der Waals surface area contributed by atoms with E-state index in [0.29, 0.717) is 36.6 Å². The van der Waals surface area contributed by atoms with Crippen LogP contribution in [0.2, 0.25) is 0 Å². The molecule has 3 rings (SSSR count). The van der Waals surface area contributed by atoms with Crippen molar-refractivity contribution in [1.29, 1.82) is 0 Å². The molecule has 6 nitrogen and oxygen atoms in total. The van der Waals surface area contributed by atoms with Crippen molar-refractivity contribution in [3.05, 3.63) is 52.7 Å². The van der Waals surface area contributed by atoms with Gasteiger partial charge in [-0.2, -0.15) is 0 Å². The number of thiophene rings is 1. The predicted molar refractivity (Wildman–Crippen MR) is 112 cm³/mol. The number of nitrogens with zero attached hydrogens (tertiary/aromatic N) is 3. The van der Waals surface area contributed by atoms with Crippen LogP contribution in [0, 0.1) is 13.8 Å². The minimum atomic E-state index is 0.415. The normalized spacial score (nSPS) is 10.8. The molecule has 27 heavy (non-hydrogen) atoms. The number of hydrogen-bond donors (Lipinski definition) is 1. The molecule has 8 heteroatoms. The molecule has 0 bridgehead atoms. The molecule has 1 aromatic carbocycles. The van der Waals surface area contributed by atoms with Gasteiger partial charge in [0.05, 0.1) is 18.0 Å². The molecule has 2 aromatic heterocycles. The number of aromatic nitrogens is 2. The van der Waals surface area contributed by atoms with Crippen molar-refractivity contribution in [2.75, 3.05) is 25.6 Å². The van der Waals surface area contributed by atoms with E-state index in [1.165, 1.54) is 5.56 Å². The molecule has 0 aliphatic heterocycles. The average molecular weight is 403 g/mol. The Morgan fingerprint density at radius 1 is 1.30 bits per heavy atom. The fourth-order valence-corrected chi connectivity index (χ4v) is 3.41. The van der Waals surface area contributed by atoms with Gasteiger partial charge >= 0.3 is 0 Å². The van der Waals surface area contributed by atoms with E-state index in [1.807, 2.05) is 22.4 Å². The second kappa shape index (κ2) is 9.07. The van der Waals surface area contributed by atoms with Gasteiger partial charge in [-0.1, -0.05) is 18.2 Å². The van der Waals surface area contributed by atoms with Gasteiger partial charge in [0.2, 0.25) is 5.89 Å². The Labute approximate surface area is 168 Å². The first-order valence-corrected chi connectivity index (χ1v) is 9.84. The van der Waals surface area contributed by atoms with Crippen LogP contribution in [0.3, 0.4) is 0 Å². The van der Waals surface area contributed by atoms with Crippen molar-refractivity contribution in [2.24, 2.45) is 0 Å². The molecule has 142 valence electrons. The van der Waals surface area contributed by atoms with Crippen LogP contribution < -0.4 is 5.32 Å². The number of methoxy groups -OCH3 is 1. The van der Waals surface area contributed by atoms with Crippen LogP contribution in [-0.2, 0) is 11.3 Å². The standard InChI is InChI=1S/C19H22N4O2S2/c1-13-6-7-14(2)15(11-13)20-19(26)23(8-9-24-3)12-17-21-22-18(25-17)16-5-4-10-27-16/h4-7,10-11H,8-9,12H2,1-3H3,(H,20,26). The maximum absolute atomic E-state index is 5.80. The predicted octanol–water partition coefficient (Wildman–Crippen LogP) is 4.26. The third kappa shape index (κ3) is 5.12. The Morgan fingerprint density at radius 2 is 2.15 bits per heavy atom. The van der Waals surface area contributed by atoms with Crippen LogP contribution in [-0.4, -0.2) is 40.5 Å². The third-order valence-corrected chi connectivity index (χ3v) is 5.23. The highest BCUT2D eigenvalue weighted by Crippen LogP contribution is 2.23. The molecule has 0 radical (unpaired) electrons. The number of nitrogens with one attached hydrogen (secondary N) is 1. The molecule has 0 amide bonds. The van der Waals surface area contributed by atoms with E-state index in [4.69, 9.17) is 21.4 Å². The first kappa shape index (κ1) is 19.5. The minimum absolute atomic E-state index is 0.415. The van der Waals surface area contributed by atoms with Crippen LogP contribution >= 0.6 is 23.6 Å². The molecule has 0 saturated heterocycles. The maximum atomic E-state index is 5.80. The Hall–Kier alpha value is -2.29. The van der Waals surface area contributed by atoms with Gasteiger partial charge in [0, 0.05) is 19.3 Å². The SMILES string of the molecule is COCCN(Cc1nnc(-c2cccs2)o1)C(=S)Nc1cc(C)ccc1C. The zero-order valence-electron chi connectivity index (χ0n) is 15.6. The Morgan fingerprint density at radius 3 is 2.89 bits per heavy atom. The lowest BCUT2D eigenvalue weighted by Gasteiger charge is -2.24. The lowest BCUT2D eigenvalue weighted by molar-refractivity contribution is 0.172. The summed E-state index contributed by atoms with van der Waals surface area (Å²) in [6, 6.07) is 10.1. The van der Waals surface area contributed by atoms with E-state index in [0.717, 1.165) is 16.1 Å². The van der Waals surface area contributed by atoms with E-state index >= 15 is 0 Å². The molecule has 1 N–H and O–H groups in total. The first-order chi connectivity index (χ1) is 13.1. The number of thiocarbonyl (C=S) groups is 1. The lowest BCUT2D eigenvalue weighted by atomic mass is 10.1. The van der Waals surface area contributed by atoms with Crippen molar-refractivity contribution >= 4 is 34.4 Å². The van der Waals surface area contributed by atoms with Crippen molar-refractivity contribution in [3.63, 3.8) is 0 Å². The largest absolute Gasteiger partial charge is 0.418 e. The van der Waals surface area contributed by atoms with Crippen LogP contribution in [0.4, 0.5) is 5.69 Å². The zero-order valence-corrected chi connectivity index (χ0v) is 17.2. The molecule has 0 aliphatic carbocycles. The van der Waals surface area contributed by atoms with Crippen molar-refractivity contribution in [2.45, 2.75) is 20.4 Å². The summed E-state index contributed by atoms with van der Waals surface area (Å²) in [5.74, 6) is 1.04. The number of aryl methyl sites for hydroxylation is 2. The lowest BCUT2D eigenvalue weighted by Crippen LogP contribution is -2.37. The molecule has 0 aliphatic rings. The van der Waals surface area contributed by atoms with E-state index < -0.39 is 0 Å². The van der Waals surface area contributed by atoms with E-state index in [9.17, 15) is 0 Å². The van der Waals surface area contributed by atoms with E-state index in [2.05, 4.69) is 47.6 Å². The van der Waals surface area contributed by atoms with Gasteiger partial charge in [-0.15, -0.1) is 21.5 Å². The Balaban J connectivity index is 1.73. The summed E-state index contributed by atoms with van der Waals surface area (Å²) in [4.78, 5) is 2.92. The molecule has 0 unspecified atom stereocenters. The molecule has 0 atom stereocenters. The zero-order chi connectivity index (χ0) is 19.2. The number of hydrogen-bond acceptors (Lipinski definition) is 6. The van der Waals surface area contributed by atoms with Crippen molar-refractivity contribution < 1.29 is 9.15 Å². The first-order valence-electron chi connectivity index (χ1n) is 8.55. The quantitative estimate of drug-likeness (QED) is 0.592. The van der Waals surface area contributed by atoms with Gasteiger partial charge in [0.25, 0.3) is 5.89 Å². The smallest absolute Gasteiger partial charge is 0.257 e. The van der Waals surface area contributed by atoms with Crippen molar-refractivity contribution in [3.8, 4) is 10.8 Å². The summed E-state index contributed by atoms with van der Waals surface area (Å²) < 4.78 is 11.0. The maximum Gasteiger partial charge on any atom is 0.257 e. The van der Waals surface area contributed by atoms with Crippen LogP contribution in [0.1, 0.15) is 17.0 Å². The minimum Gasteiger partial charge on any atom is -0.418 e. The van der Waals surface area contributed by atoms with E-state index in [1.54, 1.807) is 18.4 Å². The summed E-state index contributed by atoms with van der Waals surface area (Å²) in [5, 5.41) is 14.2. The van der Waals surface area contributed by atoms with Gasteiger partial charge in [0.15, 0.2) is 5.11 Å². The summed E-state index contributed by atoms with van der Waals surface area (Å²) >= 11 is 7.20. The number of benzene rings is 1. The average Bonchev–Trinajstić information content (AvgIpc) is 3.33. The molecule has 0 spiro atoms. The van der Waals surface area contributed by atoms with Gasteiger partial charge in [-0.25, -0.2) is 0 Å². The highest BCUT2D eigenvalue weighted by Gasteiger charge is 2.16. The second-order valence-electron chi connectivity index (χ2n) is 6.14. The number of anilines is 1. The summed E-state index contributed by atoms with van der Waals surface area (Å²) in [5.41, 5.74) is 3.30. The van der Waals surface area contributed by atoms with Gasteiger partial charge in [-0.3, -0.25) is 0 Å². The van der Waals surface area contributed by atoms with Crippen LogP contribution in [0.5, 0.6) is 0 Å². The highest BCUT2D eigenvalue weighted by molar-refractivity contribution is 7.80. The molecule has 3 aromatic rings. The molecular formula is C19H22N4O2S2. The Kier molecular flexibility index (Phi) is 6.54. The van der Waals surface area contributed by atoms with Gasteiger partial charge in [-0.05, 0) is 54.7 Å². The fourth-order valence-electron chi connectivity index (χ4n) is 2.50. The van der Waals surface area contributed by atoms with Crippen LogP contribution in [0.25, 0.3) is 10.8 Å². The monoisotopic (exact) mass is 402 g/mol. The Bertz CT molecular complexity index is 893. The second-order valence-corrected chi connectivity index (χ2v) is 7.48. The van der Waals surface area contributed by atoms with Crippen LogP contribution in [0.15, 0.2) is 40.1 Å². The molecular weight excluding hydrogens is 380 g/mol. The van der Waals surface area contributed by atoms with Gasteiger partial charge < -0.3 is 19.4 Å².